The predicted molar refractivity (Wildman–Crippen MR) is 109 cm³/mol. The summed E-state index contributed by atoms with van der Waals surface area (Å²) in [5.41, 5.74) is 2.40. The average molecular weight is 433 g/mol. The van der Waals surface area contributed by atoms with Crippen molar-refractivity contribution in [3.63, 3.8) is 0 Å². The van der Waals surface area contributed by atoms with Crippen LogP contribution in [-0.2, 0) is 6.54 Å². The van der Waals surface area contributed by atoms with Crippen molar-refractivity contribution in [1.29, 1.82) is 0 Å². The zero-order valence-corrected chi connectivity index (χ0v) is 17.3. The van der Waals surface area contributed by atoms with Crippen LogP contribution in [0.4, 0.5) is 5.69 Å². The minimum Gasteiger partial charge on any atom is -0.472 e. The standard InChI is InChI=1S/C19H21ClN6O4/c1-11-17(12(2)30-24-11)14-7-16(22-10-21-14)29-13-3-4-25(9-13)15-8-23-26(5-6-27)19(28)18(15)20/h7-8,10,13,27H,3-6,9H2,1-2H3/t13-/m1/s1. The summed E-state index contributed by atoms with van der Waals surface area (Å²) in [6, 6.07) is 1.76. The summed E-state index contributed by atoms with van der Waals surface area (Å²) in [6.45, 7) is 4.81. The van der Waals surface area contributed by atoms with E-state index in [1.54, 1.807) is 12.3 Å². The van der Waals surface area contributed by atoms with E-state index < -0.39 is 5.56 Å². The number of hydrogen-bond donors (Lipinski definition) is 1. The highest BCUT2D eigenvalue weighted by Gasteiger charge is 2.27. The van der Waals surface area contributed by atoms with Gasteiger partial charge in [0.1, 0.15) is 23.2 Å². The summed E-state index contributed by atoms with van der Waals surface area (Å²) in [5, 5.41) is 17.1. The van der Waals surface area contributed by atoms with E-state index in [0.717, 1.165) is 22.4 Å². The Labute approximate surface area is 177 Å². The molecule has 1 N–H and O–H groups in total. The molecule has 0 unspecified atom stereocenters. The molecule has 0 amide bonds. The number of halogens is 1. The van der Waals surface area contributed by atoms with Crippen LogP contribution in [0.1, 0.15) is 17.9 Å². The number of hydrogen-bond acceptors (Lipinski definition) is 9. The largest absolute Gasteiger partial charge is 0.472 e. The fourth-order valence-corrected chi connectivity index (χ4v) is 3.80. The Hall–Kier alpha value is -2.98. The number of nitrogens with zero attached hydrogens (tertiary/aromatic N) is 6. The first-order valence-electron chi connectivity index (χ1n) is 9.51. The Morgan fingerprint density at radius 2 is 2.20 bits per heavy atom. The second-order valence-electron chi connectivity index (χ2n) is 7.01. The van der Waals surface area contributed by atoms with E-state index in [0.29, 0.717) is 36.1 Å². The summed E-state index contributed by atoms with van der Waals surface area (Å²) < 4.78 is 12.4. The Kier molecular flexibility index (Phi) is 5.69. The van der Waals surface area contributed by atoms with Crippen molar-refractivity contribution >= 4 is 17.3 Å². The molecule has 1 fully saturated rings. The highest BCUT2D eigenvalue weighted by atomic mass is 35.5. The molecule has 158 valence electrons. The molecule has 0 saturated carbocycles. The summed E-state index contributed by atoms with van der Waals surface area (Å²) in [7, 11) is 0. The second-order valence-corrected chi connectivity index (χ2v) is 7.39. The lowest BCUT2D eigenvalue weighted by Crippen LogP contribution is -2.30. The predicted octanol–water partition coefficient (Wildman–Crippen LogP) is 1.61. The molecule has 0 aromatic carbocycles. The summed E-state index contributed by atoms with van der Waals surface area (Å²) >= 11 is 6.26. The highest BCUT2D eigenvalue weighted by Crippen LogP contribution is 2.29. The summed E-state index contributed by atoms with van der Waals surface area (Å²) in [4.78, 5) is 22.8. The van der Waals surface area contributed by atoms with Gasteiger partial charge in [-0.3, -0.25) is 4.79 Å². The van der Waals surface area contributed by atoms with Gasteiger partial charge in [-0.05, 0) is 13.8 Å². The minimum absolute atomic E-state index is 0.0850. The van der Waals surface area contributed by atoms with Gasteiger partial charge in [-0.1, -0.05) is 16.8 Å². The molecule has 1 aliphatic heterocycles. The molecule has 4 heterocycles. The van der Waals surface area contributed by atoms with Crippen molar-refractivity contribution in [1.82, 2.24) is 24.9 Å². The summed E-state index contributed by atoms with van der Waals surface area (Å²) in [5.74, 6) is 1.14. The van der Waals surface area contributed by atoms with Crippen molar-refractivity contribution in [2.24, 2.45) is 0 Å². The summed E-state index contributed by atoms with van der Waals surface area (Å²) in [6.07, 6.45) is 3.60. The van der Waals surface area contributed by atoms with E-state index in [2.05, 4.69) is 20.2 Å². The molecule has 0 aliphatic carbocycles. The van der Waals surface area contributed by atoms with Crippen LogP contribution in [0.25, 0.3) is 11.3 Å². The zero-order valence-electron chi connectivity index (χ0n) is 16.6. The molecule has 0 spiro atoms. The van der Waals surface area contributed by atoms with Crippen LogP contribution in [0.2, 0.25) is 5.02 Å². The Morgan fingerprint density at radius 3 is 2.93 bits per heavy atom. The molecule has 4 rings (SSSR count). The van der Waals surface area contributed by atoms with Crippen molar-refractivity contribution in [2.75, 3.05) is 24.6 Å². The molecular formula is C19H21ClN6O4. The van der Waals surface area contributed by atoms with Crippen molar-refractivity contribution in [3.8, 4) is 17.1 Å². The number of aliphatic hydroxyl groups is 1. The van der Waals surface area contributed by atoms with Gasteiger partial charge in [-0.15, -0.1) is 0 Å². The fraction of sp³-hybridized carbons (Fsp3) is 0.421. The molecule has 30 heavy (non-hydrogen) atoms. The second kappa shape index (κ2) is 8.41. The van der Waals surface area contributed by atoms with E-state index in [1.165, 1.54) is 6.33 Å². The Balaban J connectivity index is 1.48. The first-order valence-corrected chi connectivity index (χ1v) is 9.89. The number of rotatable bonds is 6. The smallest absolute Gasteiger partial charge is 0.287 e. The monoisotopic (exact) mass is 432 g/mol. The van der Waals surface area contributed by atoms with E-state index in [9.17, 15) is 4.79 Å². The zero-order chi connectivity index (χ0) is 21.3. The van der Waals surface area contributed by atoms with Crippen LogP contribution >= 0.6 is 11.6 Å². The van der Waals surface area contributed by atoms with Gasteiger partial charge in [0.25, 0.3) is 5.56 Å². The van der Waals surface area contributed by atoms with Crippen molar-refractivity contribution in [2.45, 2.75) is 32.9 Å². The number of aliphatic hydroxyl groups excluding tert-OH is 1. The van der Waals surface area contributed by atoms with E-state index in [4.69, 9.17) is 26.0 Å². The van der Waals surface area contributed by atoms with Gasteiger partial charge >= 0.3 is 0 Å². The van der Waals surface area contributed by atoms with E-state index in [-0.39, 0.29) is 24.3 Å². The first-order chi connectivity index (χ1) is 14.5. The van der Waals surface area contributed by atoms with E-state index >= 15 is 0 Å². The van der Waals surface area contributed by atoms with Crippen molar-refractivity contribution < 1.29 is 14.4 Å². The van der Waals surface area contributed by atoms with Gasteiger partial charge in [0, 0.05) is 19.0 Å². The van der Waals surface area contributed by atoms with E-state index in [1.807, 2.05) is 18.7 Å². The number of anilines is 1. The van der Waals surface area contributed by atoms with Gasteiger partial charge < -0.3 is 19.3 Å². The maximum atomic E-state index is 12.3. The van der Waals surface area contributed by atoms with Gasteiger partial charge in [-0.2, -0.15) is 5.10 Å². The molecule has 11 heteroatoms. The van der Waals surface area contributed by atoms with Gasteiger partial charge in [-0.25, -0.2) is 14.6 Å². The third-order valence-corrected chi connectivity index (χ3v) is 5.34. The molecule has 0 bridgehead atoms. The topological polar surface area (TPSA) is 119 Å². The lowest BCUT2D eigenvalue weighted by Gasteiger charge is -2.20. The number of ether oxygens (including phenoxy) is 1. The van der Waals surface area contributed by atoms with Crippen LogP contribution in [0.15, 0.2) is 27.9 Å². The molecule has 1 aliphatic rings. The van der Waals surface area contributed by atoms with Crippen LogP contribution in [0, 0.1) is 13.8 Å². The van der Waals surface area contributed by atoms with Gasteiger partial charge in [0.2, 0.25) is 5.88 Å². The lowest BCUT2D eigenvalue weighted by molar-refractivity contribution is 0.215. The Morgan fingerprint density at radius 1 is 1.37 bits per heavy atom. The number of aryl methyl sites for hydroxylation is 2. The first kappa shape index (κ1) is 20.3. The van der Waals surface area contributed by atoms with Gasteiger partial charge in [0.05, 0.1) is 48.5 Å². The minimum atomic E-state index is -0.424. The lowest BCUT2D eigenvalue weighted by atomic mass is 10.1. The third-order valence-electron chi connectivity index (χ3n) is 4.98. The molecule has 1 atom stereocenters. The van der Waals surface area contributed by atoms with Crippen LogP contribution in [0.3, 0.4) is 0 Å². The Bertz CT molecular complexity index is 1100. The number of aromatic nitrogens is 5. The van der Waals surface area contributed by atoms with Crippen LogP contribution in [-0.4, -0.2) is 55.8 Å². The van der Waals surface area contributed by atoms with Crippen LogP contribution < -0.4 is 15.2 Å². The van der Waals surface area contributed by atoms with Crippen LogP contribution in [0.5, 0.6) is 5.88 Å². The van der Waals surface area contributed by atoms with Crippen molar-refractivity contribution in [3.05, 3.63) is 45.4 Å². The molecule has 3 aromatic rings. The highest BCUT2D eigenvalue weighted by molar-refractivity contribution is 6.33. The SMILES string of the molecule is Cc1noc(C)c1-c1cc(O[C@@H]2CCN(c3cnn(CCO)c(=O)c3Cl)C2)ncn1. The quantitative estimate of drug-likeness (QED) is 0.619. The molecule has 1 saturated heterocycles. The molecule has 0 radical (unpaired) electrons. The fourth-order valence-electron chi connectivity index (χ4n) is 3.53. The maximum Gasteiger partial charge on any atom is 0.287 e. The third kappa shape index (κ3) is 3.88. The molecule has 3 aromatic heterocycles. The van der Waals surface area contributed by atoms with Gasteiger partial charge in [0.15, 0.2) is 0 Å². The maximum absolute atomic E-state index is 12.3. The molecule has 10 nitrogen and oxygen atoms in total. The normalized spacial score (nSPS) is 16.3. The molecular weight excluding hydrogens is 412 g/mol. The average Bonchev–Trinajstić information content (AvgIpc) is 3.32.